The normalized spacial score (nSPS) is 20.6. The van der Waals surface area contributed by atoms with Gasteiger partial charge in [0.15, 0.2) is 0 Å². The maximum atomic E-state index is 11.4. The molecule has 1 aromatic carbocycles. The summed E-state index contributed by atoms with van der Waals surface area (Å²) in [6, 6.07) is 8.41. The number of rotatable bonds is 6. The molecule has 0 aromatic heterocycles. The Kier molecular flexibility index (Phi) is 5.99. The molecule has 0 heterocycles. The Morgan fingerprint density at radius 1 is 1.18 bits per heavy atom. The van der Waals surface area contributed by atoms with E-state index in [0.717, 1.165) is 24.8 Å². The van der Waals surface area contributed by atoms with E-state index >= 15 is 0 Å². The minimum absolute atomic E-state index is 0.0611. The van der Waals surface area contributed by atoms with Crippen LogP contribution in [0.15, 0.2) is 24.3 Å². The van der Waals surface area contributed by atoms with Crippen molar-refractivity contribution < 1.29 is 19.1 Å². The Balaban J connectivity index is 1.84. The van der Waals surface area contributed by atoms with Gasteiger partial charge in [-0.1, -0.05) is 24.3 Å². The smallest absolute Gasteiger partial charge is 0.306 e. The van der Waals surface area contributed by atoms with Crippen molar-refractivity contribution in [2.75, 3.05) is 6.61 Å². The summed E-state index contributed by atoms with van der Waals surface area (Å²) in [5, 5.41) is 0. The topological polar surface area (TPSA) is 52.6 Å². The zero-order chi connectivity index (χ0) is 15.9. The first-order valence-electron chi connectivity index (χ1n) is 8.00. The van der Waals surface area contributed by atoms with Crippen LogP contribution in [0.2, 0.25) is 0 Å². The highest BCUT2D eigenvalue weighted by Crippen LogP contribution is 2.36. The van der Waals surface area contributed by atoms with E-state index in [1.807, 2.05) is 6.92 Å². The molecule has 0 saturated heterocycles. The summed E-state index contributed by atoms with van der Waals surface area (Å²) in [4.78, 5) is 22.4. The van der Waals surface area contributed by atoms with Crippen LogP contribution in [0.3, 0.4) is 0 Å². The van der Waals surface area contributed by atoms with E-state index in [0.29, 0.717) is 25.4 Å². The molecule has 1 aliphatic rings. The van der Waals surface area contributed by atoms with Crippen molar-refractivity contribution in [1.82, 2.24) is 0 Å². The Hall–Kier alpha value is -1.84. The fraction of sp³-hybridized carbons (Fsp3) is 0.556. The Morgan fingerprint density at radius 3 is 2.55 bits per heavy atom. The van der Waals surface area contributed by atoms with Gasteiger partial charge in [0.2, 0.25) is 0 Å². The molecule has 0 spiro atoms. The number of hydrogen-bond donors (Lipinski definition) is 0. The summed E-state index contributed by atoms with van der Waals surface area (Å²) in [5.74, 6) is 0.120. The standard InChI is InChI=1S/C18H24O4/c1-3-21-18(20)11-6-14-4-7-15(8-5-14)16-9-10-17(12-16)22-13(2)19/h4-5,7-8,16-17H,3,6,9-12H2,1-2H3. The molecule has 1 aromatic rings. The van der Waals surface area contributed by atoms with Crippen LogP contribution in [-0.2, 0) is 25.5 Å². The van der Waals surface area contributed by atoms with Gasteiger partial charge < -0.3 is 9.47 Å². The first-order chi connectivity index (χ1) is 10.6. The van der Waals surface area contributed by atoms with Crippen molar-refractivity contribution in [3.05, 3.63) is 35.4 Å². The molecule has 4 nitrogen and oxygen atoms in total. The molecule has 0 aliphatic heterocycles. The first kappa shape index (κ1) is 16.5. The van der Waals surface area contributed by atoms with Crippen molar-refractivity contribution in [1.29, 1.82) is 0 Å². The number of carbonyl (C=O) groups excluding carboxylic acids is 2. The van der Waals surface area contributed by atoms with E-state index in [1.54, 1.807) is 0 Å². The minimum Gasteiger partial charge on any atom is -0.466 e. The molecule has 120 valence electrons. The quantitative estimate of drug-likeness (QED) is 0.756. The molecule has 4 heteroatoms. The molecule has 1 saturated carbocycles. The maximum absolute atomic E-state index is 11.4. The molecular weight excluding hydrogens is 280 g/mol. The van der Waals surface area contributed by atoms with E-state index in [4.69, 9.17) is 9.47 Å². The summed E-state index contributed by atoms with van der Waals surface area (Å²) in [5.41, 5.74) is 2.43. The highest BCUT2D eigenvalue weighted by molar-refractivity contribution is 5.69. The van der Waals surface area contributed by atoms with Gasteiger partial charge in [-0.15, -0.1) is 0 Å². The molecule has 1 fully saturated rings. The fourth-order valence-electron chi connectivity index (χ4n) is 3.02. The lowest BCUT2D eigenvalue weighted by Crippen LogP contribution is -2.12. The van der Waals surface area contributed by atoms with Gasteiger partial charge in [0.1, 0.15) is 6.10 Å². The lowest BCUT2D eigenvalue weighted by molar-refractivity contribution is -0.146. The minimum atomic E-state index is -0.194. The summed E-state index contributed by atoms with van der Waals surface area (Å²) >= 11 is 0. The lowest BCUT2D eigenvalue weighted by atomic mass is 9.96. The molecule has 2 atom stereocenters. The van der Waals surface area contributed by atoms with E-state index in [1.165, 1.54) is 12.5 Å². The third-order valence-corrected chi connectivity index (χ3v) is 4.09. The predicted molar refractivity (Wildman–Crippen MR) is 83.5 cm³/mol. The molecule has 0 bridgehead atoms. The molecule has 2 rings (SSSR count). The van der Waals surface area contributed by atoms with Crippen LogP contribution >= 0.6 is 0 Å². The summed E-state index contributed by atoms with van der Waals surface area (Å²) in [6.45, 7) is 3.71. The third kappa shape index (κ3) is 4.86. The SMILES string of the molecule is CCOC(=O)CCc1ccc(C2CCC(OC(C)=O)C2)cc1. The van der Waals surface area contributed by atoms with Crippen LogP contribution < -0.4 is 0 Å². The number of aryl methyl sites for hydroxylation is 1. The number of benzene rings is 1. The van der Waals surface area contributed by atoms with Gasteiger partial charge in [-0.25, -0.2) is 0 Å². The second-order valence-electron chi connectivity index (χ2n) is 5.79. The molecule has 2 unspecified atom stereocenters. The van der Waals surface area contributed by atoms with Crippen LogP contribution in [0, 0.1) is 0 Å². The fourth-order valence-corrected chi connectivity index (χ4v) is 3.02. The zero-order valence-corrected chi connectivity index (χ0v) is 13.3. The third-order valence-electron chi connectivity index (χ3n) is 4.09. The highest BCUT2D eigenvalue weighted by Gasteiger charge is 2.27. The number of carbonyl (C=O) groups is 2. The van der Waals surface area contributed by atoms with Crippen molar-refractivity contribution in [3.8, 4) is 0 Å². The maximum Gasteiger partial charge on any atom is 0.306 e. The van der Waals surface area contributed by atoms with Gasteiger partial charge in [0, 0.05) is 13.3 Å². The molecule has 1 aliphatic carbocycles. The molecule has 22 heavy (non-hydrogen) atoms. The van der Waals surface area contributed by atoms with Gasteiger partial charge in [-0.05, 0) is 49.7 Å². The summed E-state index contributed by atoms with van der Waals surface area (Å²) in [7, 11) is 0. The summed E-state index contributed by atoms with van der Waals surface area (Å²) < 4.78 is 10.2. The predicted octanol–water partition coefficient (Wildman–Crippen LogP) is 3.38. The second kappa shape index (κ2) is 7.97. The number of ether oxygens (including phenoxy) is 2. The van der Waals surface area contributed by atoms with Gasteiger partial charge >= 0.3 is 11.9 Å². The van der Waals surface area contributed by atoms with Crippen LogP contribution in [0.5, 0.6) is 0 Å². The molecule has 0 amide bonds. The second-order valence-corrected chi connectivity index (χ2v) is 5.79. The average molecular weight is 304 g/mol. The van der Waals surface area contributed by atoms with Gasteiger partial charge in [-0.3, -0.25) is 9.59 Å². The van der Waals surface area contributed by atoms with Crippen molar-refractivity contribution >= 4 is 11.9 Å². The Bertz CT molecular complexity index is 506. The Labute approximate surface area is 131 Å². The van der Waals surface area contributed by atoms with Crippen LogP contribution in [-0.4, -0.2) is 24.6 Å². The van der Waals surface area contributed by atoms with Crippen LogP contribution in [0.25, 0.3) is 0 Å². The first-order valence-corrected chi connectivity index (χ1v) is 8.00. The van der Waals surface area contributed by atoms with E-state index in [-0.39, 0.29) is 18.0 Å². The van der Waals surface area contributed by atoms with E-state index < -0.39 is 0 Å². The summed E-state index contributed by atoms with van der Waals surface area (Å²) in [6.07, 6.45) is 4.09. The monoisotopic (exact) mass is 304 g/mol. The molecular formula is C18H24O4. The van der Waals surface area contributed by atoms with E-state index in [9.17, 15) is 9.59 Å². The van der Waals surface area contributed by atoms with Crippen molar-refractivity contribution in [3.63, 3.8) is 0 Å². The Morgan fingerprint density at radius 2 is 1.91 bits per heavy atom. The number of hydrogen-bond acceptors (Lipinski definition) is 4. The average Bonchev–Trinajstić information content (AvgIpc) is 2.93. The van der Waals surface area contributed by atoms with Crippen molar-refractivity contribution in [2.24, 2.45) is 0 Å². The molecule has 0 radical (unpaired) electrons. The van der Waals surface area contributed by atoms with Crippen LogP contribution in [0.4, 0.5) is 0 Å². The van der Waals surface area contributed by atoms with Crippen LogP contribution in [0.1, 0.15) is 56.6 Å². The number of esters is 2. The highest BCUT2D eigenvalue weighted by atomic mass is 16.5. The van der Waals surface area contributed by atoms with Gasteiger partial charge in [-0.2, -0.15) is 0 Å². The lowest BCUT2D eigenvalue weighted by Gasteiger charge is -2.12. The van der Waals surface area contributed by atoms with Gasteiger partial charge in [0.25, 0.3) is 0 Å². The van der Waals surface area contributed by atoms with Crippen molar-refractivity contribution in [2.45, 2.75) is 58.0 Å². The largest absolute Gasteiger partial charge is 0.466 e. The van der Waals surface area contributed by atoms with E-state index in [2.05, 4.69) is 24.3 Å². The van der Waals surface area contributed by atoms with Gasteiger partial charge in [0.05, 0.1) is 6.61 Å². The zero-order valence-electron chi connectivity index (χ0n) is 13.3. The molecule has 0 N–H and O–H groups in total.